The van der Waals surface area contributed by atoms with Gasteiger partial charge in [-0.2, -0.15) is 0 Å². The first-order valence-electron chi connectivity index (χ1n) is 5.17. The standard InChI is InChI=1S/C10H17NO4/c1-4-13-9-6-8(7(3)11-15-9)10(12)14-5-2/h8-9H,4-6H2,1-3H3/t8-,9-/m0/s1. The van der Waals surface area contributed by atoms with Crippen LogP contribution < -0.4 is 0 Å². The summed E-state index contributed by atoms with van der Waals surface area (Å²) in [7, 11) is 0. The first kappa shape index (κ1) is 12.0. The summed E-state index contributed by atoms with van der Waals surface area (Å²) in [6.07, 6.45) is 0.0373. The zero-order valence-electron chi connectivity index (χ0n) is 9.36. The summed E-state index contributed by atoms with van der Waals surface area (Å²) < 4.78 is 10.2. The minimum Gasteiger partial charge on any atom is -0.465 e. The van der Waals surface area contributed by atoms with Crippen LogP contribution in [0.4, 0.5) is 0 Å². The molecule has 0 N–H and O–H groups in total. The topological polar surface area (TPSA) is 57.1 Å². The van der Waals surface area contributed by atoms with E-state index in [0.29, 0.717) is 25.3 Å². The van der Waals surface area contributed by atoms with Crippen LogP contribution in [-0.2, 0) is 19.1 Å². The molecule has 0 bridgehead atoms. The number of carbonyl (C=O) groups excluding carboxylic acids is 1. The van der Waals surface area contributed by atoms with E-state index in [4.69, 9.17) is 14.3 Å². The fourth-order valence-electron chi connectivity index (χ4n) is 1.41. The van der Waals surface area contributed by atoms with Crippen molar-refractivity contribution in [2.24, 2.45) is 11.1 Å². The van der Waals surface area contributed by atoms with E-state index < -0.39 is 6.29 Å². The highest BCUT2D eigenvalue weighted by molar-refractivity contribution is 6.00. The van der Waals surface area contributed by atoms with Crippen molar-refractivity contribution >= 4 is 11.7 Å². The lowest BCUT2D eigenvalue weighted by Gasteiger charge is -2.25. The fourth-order valence-corrected chi connectivity index (χ4v) is 1.41. The van der Waals surface area contributed by atoms with Gasteiger partial charge in [-0.05, 0) is 20.8 Å². The average Bonchev–Trinajstić information content (AvgIpc) is 2.21. The first-order valence-corrected chi connectivity index (χ1v) is 5.17. The monoisotopic (exact) mass is 215 g/mol. The van der Waals surface area contributed by atoms with Crippen LogP contribution in [0.15, 0.2) is 5.16 Å². The molecule has 1 rings (SSSR count). The number of rotatable bonds is 4. The number of ether oxygens (including phenoxy) is 2. The number of hydrogen-bond donors (Lipinski definition) is 0. The van der Waals surface area contributed by atoms with Crippen LogP contribution in [0.5, 0.6) is 0 Å². The van der Waals surface area contributed by atoms with Crippen molar-refractivity contribution in [2.75, 3.05) is 13.2 Å². The smallest absolute Gasteiger partial charge is 0.315 e. The predicted octanol–water partition coefficient (Wildman–Crippen LogP) is 1.32. The molecule has 5 nitrogen and oxygen atoms in total. The number of nitrogens with zero attached hydrogens (tertiary/aromatic N) is 1. The van der Waals surface area contributed by atoms with Crippen LogP contribution in [0.2, 0.25) is 0 Å². The molecule has 0 aliphatic carbocycles. The molecule has 0 aromatic heterocycles. The summed E-state index contributed by atoms with van der Waals surface area (Å²) in [4.78, 5) is 16.6. The molecule has 0 fully saturated rings. The Balaban J connectivity index is 2.59. The molecule has 0 aromatic rings. The van der Waals surface area contributed by atoms with Crippen molar-refractivity contribution in [1.29, 1.82) is 0 Å². The Morgan fingerprint density at radius 1 is 1.53 bits per heavy atom. The molecule has 0 amide bonds. The second-order valence-corrected chi connectivity index (χ2v) is 3.26. The van der Waals surface area contributed by atoms with Crippen molar-refractivity contribution in [3.8, 4) is 0 Å². The molecule has 15 heavy (non-hydrogen) atoms. The molecule has 86 valence electrons. The quantitative estimate of drug-likeness (QED) is 0.664. The van der Waals surface area contributed by atoms with E-state index in [2.05, 4.69) is 5.16 Å². The van der Waals surface area contributed by atoms with Crippen molar-refractivity contribution in [2.45, 2.75) is 33.5 Å². The summed E-state index contributed by atoms with van der Waals surface area (Å²) in [5.74, 6) is -0.595. The van der Waals surface area contributed by atoms with Crippen LogP contribution in [0.25, 0.3) is 0 Å². The summed E-state index contributed by atoms with van der Waals surface area (Å²) in [5, 5.41) is 3.81. The van der Waals surface area contributed by atoms with E-state index >= 15 is 0 Å². The molecule has 0 unspecified atom stereocenters. The highest BCUT2D eigenvalue weighted by atomic mass is 16.8. The maximum Gasteiger partial charge on any atom is 0.315 e. The van der Waals surface area contributed by atoms with Gasteiger partial charge in [-0.15, -0.1) is 0 Å². The third kappa shape index (κ3) is 3.20. The van der Waals surface area contributed by atoms with E-state index in [9.17, 15) is 4.79 Å². The Morgan fingerprint density at radius 2 is 2.27 bits per heavy atom. The van der Waals surface area contributed by atoms with Gasteiger partial charge in [0.2, 0.25) is 6.29 Å². The van der Waals surface area contributed by atoms with Gasteiger partial charge in [-0.1, -0.05) is 5.16 Å². The SMILES string of the molecule is CCOC(=O)[C@H]1C[C@@H](OCC)ON=C1C. The van der Waals surface area contributed by atoms with Gasteiger partial charge in [-0.3, -0.25) is 4.79 Å². The maximum absolute atomic E-state index is 11.5. The Bertz CT molecular complexity index is 252. The molecule has 2 atom stereocenters. The molecule has 0 saturated heterocycles. The number of esters is 1. The molecular weight excluding hydrogens is 198 g/mol. The summed E-state index contributed by atoms with van der Waals surface area (Å²) in [6.45, 7) is 6.32. The van der Waals surface area contributed by atoms with Crippen LogP contribution in [0.3, 0.4) is 0 Å². The van der Waals surface area contributed by atoms with Gasteiger partial charge in [0.25, 0.3) is 0 Å². The summed E-state index contributed by atoms with van der Waals surface area (Å²) in [6, 6.07) is 0. The van der Waals surface area contributed by atoms with Gasteiger partial charge in [0.05, 0.1) is 12.3 Å². The van der Waals surface area contributed by atoms with E-state index in [0.717, 1.165) is 0 Å². The maximum atomic E-state index is 11.5. The lowest BCUT2D eigenvalue weighted by molar-refractivity contribution is -0.168. The average molecular weight is 215 g/mol. The molecule has 1 aliphatic heterocycles. The third-order valence-corrected chi connectivity index (χ3v) is 2.17. The van der Waals surface area contributed by atoms with Crippen LogP contribution in [0, 0.1) is 5.92 Å². The lowest BCUT2D eigenvalue weighted by Crippen LogP contribution is -2.34. The molecule has 0 saturated carbocycles. The largest absolute Gasteiger partial charge is 0.465 e. The zero-order valence-corrected chi connectivity index (χ0v) is 9.36. The van der Waals surface area contributed by atoms with Crippen molar-refractivity contribution < 1.29 is 19.1 Å². The minimum absolute atomic E-state index is 0.258. The molecule has 1 aliphatic rings. The van der Waals surface area contributed by atoms with Gasteiger partial charge < -0.3 is 14.3 Å². The number of carbonyl (C=O) groups is 1. The van der Waals surface area contributed by atoms with E-state index in [1.165, 1.54) is 0 Å². The second kappa shape index (κ2) is 5.70. The lowest BCUT2D eigenvalue weighted by atomic mass is 9.99. The van der Waals surface area contributed by atoms with Crippen LogP contribution >= 0.6 is 0 Å². The Kier molecular flexibility index (Phi) is 4.55. The minimum atomic E-state index is -0.437. The highest BCUT2D eigenvalue weighted by Crippen LogP contribution is 2.20. The molecular formula is C10H17NO4. The Hall–Kier alpha value is -1.10. The second-order valence-electron chi connectivity index (χ2n) is 3.26. The molecule has 5 heteroatoms. The first-order chi connectivity index (χ1) is 7.19. The highest BCUT2D eigenvalue weighted by Gasteiger charge is 2.32. The van der Waals surface area contributed by atoms with E-state index in [1.807, 2.05) is 6.92 Å². The number of oxime groups is 1. The summed E-state index contributed by atoms with van der Waals surface area (Å²) in [5.41, 5.74) is 0.643. The van der Waals surface area contributed by atoms with Gasteiger partial charge in [0, 0.05) is 13.0 Å². The summed E-state index contributed by atoms with van der Waals surface area (Å²) >= 11 is 0. The molecule has 1 heterocycles. The van der Waals surface area contributed by atoms with Crippen molar-refractivity contribution in [3.63, 3.8) is 0 Å². The fraction of sp³-hybridized carbons (Fsp3) is 0.800. The van der Waals surface area contributed by atoms with Gasteiger partial charge >= 0.3 is 5.97 Å². The molecule has 0 radical (unpaired) electrons. The Morgan fingerprint density at radius 3 is 2.87 bits per heavy atom. The molecule has 0 spiro atoms. The van der Waals surface area contributed by atoms with E-state index in [1.54, 1.807) is 13.8 Å². The zero-order chi connectivity index (χ0) is 11.3. The number of hydrogen-bond acceptors (Lipinski definition) is 5. The van der Waals surface area contributed by atoms with Crippen LogP contribution in [-0.4, -0.2) is 31.2 Å². The Labute approximate surface area is 89.4 Å². The van der Waals surface area contributed by atoms with Gasteiger partial charge in [0.15, 0.2) is 0 Å². The van der Waals surface area contributed by atoms with Crippen LogP contribution in [0.1, 0.15) is 27.2 Å². The van der Waals surface area contributed by atoms with Gasteiger partial charge in [-0.25, -0.2) is 0 Å². The molecule has 0 aromatic carbocycles. The van der Waals surface area contributed by atoms with Crippen molar-refractivity contribution in [1.82, 2.24) is 0 Å². The van der Waals surface area contributed by atoms with Gasteiger partial charge in [0.1, 0.15) is 5.92 Å². The normalized spacial score (nSPS) is 25.4. The van der Waals surface area contributed by atoms with Crippen molar-refractivity contribution in [3.05, 3.63) is 0 Å². The predicted molar refractivity (Wildman–Crippen MR) is 54.3 cm³/mol. The third-order valence-electron chi connectivity index (χ3n) is 2.17. The van der Waals surface area contributed by atoms with E-state index in [-0.39, 0.29) is 11.9 Å².